The molecule has 0 unspecified atom stereocenters. The molecule has 4 amide bonds. The molecule has 2 aromatic heterocycles. The summed E-state index contributed by atoms with van der Waals surface area (Å²) in [4.78, 5) is 61.2. The summed E-state index contributed by atoms with van der Waals surface area (Å²) < 4.78 is 1.08. The van der Waals surface area contributed by atoms with Gasteiger partial charge in [0.05, 0.1) is 28.9 Å². The molecule has 4 aromatic rings. The van der Waals surface area contributed by atoms with E-state index in [0.29, 0.717) is 12.1 Å². The molecule has 1 fully saturated rings. The fourth-order valence-electron chi connectivity index (χ4n) is 5.63. The quantitative estimate of drug-likeness (QED) is 0.157. The van der Waals surface area contributed by atoms with Crippen LogP contribution < -0.4 is 26.4 Å². The molecule has 5 rings (SSSR count). The van der Waals surface area contributed by atoms with Gasteiger partial charge in [-0.15, -0.1) is 0 Å². The molecule has 1 saturated heterocycles. The van der Waals surface area contributed by atoms with E-state index in [0.717, 1.165) is 42.7 Å². The summed E-state index contributed by atoms with van der Waals surface area (Å²) in [5.74, 6) is -0.927. The summed E-state index contributed by atoms with van der Waals surface area (Å²) in [5.41, 5.74) is 1.14. The van der Waals surface area contributed by atoms with E-state index < -0.39 is 24.1 Å². The molecule has 1 aliphatic rings. The second kappa shape index (κ2) is 17.2. The number of nitrogens with zero attached hydrogens (tertiary/aromatic N) is 5. The standard InChI is InChI=1S/C35H38Cl2N8O5/c1-2-45-34(49)29(40-35(50)41-31-27(36)21-38-22-28(31)37)20-30(42-45)44(15-16-46)33(48)26-18-24(23-9-5-3-6-10-23)17-25(19-26)32(47)39-11-14-43-12-7-4-8-13-43/h3,5-6,9-10,17-22,46H,2,4,7-8,11-16H2,1H3,(H,39,47)(H2,38,40,41,50). The molecule has 4 N–H and O–H groups in total. The Bertz CT molecular complexity index is 1880. The molecule has 0 radical (unpaired) electrons. The normalized spacial score (nSPS) is 13.0. The average molecular weight is 722 g/mol. The third-order valence-corrected chi connectivity index (χ3v) is 8.73. The number of rotatable bonds is 12. The van der Waals surface area contributed by atoms with E-state index in [1.807, 2.05) is 30.3 Å². The van der Waals surface area contributed by atoms with Crippen LogP contribution in [0.25, 0.3) is 11.1 Å². The first-order valence-electron chi connectivity index (χ1n) is 16.3. The molecule has 2 aromatic carbocycles. The molecule has 262 valence electrons. The molecule has 0 spiro atoms. The minimum absolute atomic E-state index is 0.0153. The number of likely N-dealkylation sites (tertiary alicyclic amines) is 1. The third kappa shape index (κ3) is 9.04. The van der Waals surface area contributed by atoms with Gasteiger partial charge in [-0.1, -0.05) is 60.0 Å². The van der Waals surface area contributed by atoms with Crippen molar-refractivity contribution in [2.45, 2.75) is 32.7 Å². The van der Waals surface area contributed by atoms with Gasteiger partial charge in [-0.25, -0.2) is 9.48 Å². The summed E-state index contributed by atoms with van der Waals surface area (Å²) in [6, 6.07) is 14.7. The number of carbonyl (C=O) groups excluding carboxylic acids is 3. The molecule has 0 aliphatic carbocycles. The maximum Gasteiger partial charge on any atom is 0.323 e. The Balaban J connectivity index is 1.45. The summed E-state index contributed by atoms with van der Waals surface area (Å²) in [6.45, 7) is 4.35. The van der Waals surface area contributed by atoms with Gasteiger partial charge in [0, 0.05) is 49.2 Å². The predicted molar refractivity (Wildman–Crippen MR) is 194 cm³/mol. The van der Waals surface area contributed by atoms with Crippen molar-refractivity contribution in [1.29, 1.82) is 0 Å². The van der Waals surface area contributed by atoms with E-state index in [9.17, 15) is 24.3 Å². The monoisotopic (exact) mass is 720 g/mol. The molecule has 13 nitrogen and oxygen atoms in total. The van der Waals surface area contributed by atoms with Gasteiger partial charge in [-0.05, 0) is 62.2 Å². The van der Waals surface area contributed by atoms with Crippen molar-refractivity contribution in [1.82, 2.24) is 25.0 Å². The molecular weight excluding hydrogens is 683 g/mol. The zero-order valence-corrected chi connectivity index (χ0v) is 29.0. The predicted octanol–water partition coefficient (Wildman–Crippen LogP) is 5.13. The van der Waals surface area contributed by atoms with Crippen LogP contribution in [0.15, 0.2) is 71.8 Å². The van der Waals surface area contributed by atoms with Gasteiger partial charge in [0.2, 0.25) is 0 Å². The number of aromatic nitrogens is 3. The second-order valence-corrected chi connectivity index (χ2v) is 12.4. The van der Waals surface area contributed by atoms with E-state index in [1.54, 1.807) is 19.1 Å². The molecule has 0 bridgehead atoms. The number of aryl methyl sites for hydroxylation is 1. The largest absolute Gasteiger partial charge is 0.395 e. The summed E-state index contributed by atoms with van der Waals surface area (Å²) >= 11 is 12.3. The van der Waals surface area contributed by atoms with Crippen LogP contribution in [0.1, 0.15) is 46.9 Å². The minimum Gasteiger partial charge on any atom is -0.395 e. The van der Waals surface area contributed by atoms with Crippen LogP contribution in [0.3, 0.4) is 0 Å². The van der Waals surface area contributed by atoms with Gasteiger partial charge in [0.1, 0.15) is 5.69 Å². The molecule has 50 heavy (non-hydrogen) atoms. The number of anilines is 3. The number of hydrogen-bond acceptors (Lipinski definition) is 8. The topological polar surface area (TPSA) is 162 Å². The first-order chi connectivity index (χ1) is 24.2. The SMILES string of the molecule is CCn1nc(N(CCO)C(=O)c2cc(C(=O)NCCN3CCCCC3)cc(-c3ccccc3)c2)cc(NC(=O)Nc2c(Cl)cncc2Cl)c1=O. The number of aliphatic hydroxyl groups excluding tert-OH is 1. The molecular formula is C35H38Cl2N8O5. The molecule has 1 aliphatic heterocycles. The molecule has 3 heterocycles. The van der Waals surface area contributed by atoms with Crippen LogP contribution in [0.5, 0.6) is 0 Å². The number of aliphatic hydroxyl groups is 1. The number of pyridine rings is 1. The van der Waals surface area contributed by atoms with E-state index in [2.05, 4.69) is 30.9 Å². The van der Waals surface area contributed by atoms with Crippen LogP contribution in [-0.2, 0) is 6.54 Å². The number of nitrogens with one attached hydrogen (secondary N) is 3. The number of benzene rings is 2. The Hall–Kier alpha value is -4.82. The van der Waals surface area contributed by atoms with Crippen molar-refractivity contribution in [3.05, 3.63) is 98.5 Å². The van der Waals surface area contributed by atoms with Crippen molar-refractivity contribution in [3.8, 4) is 11.1 Å². The van der Waals surface area contributed by atoms with Gasteiger partial charge >= 0.3 is 6.03 Å². The van der Waals surface area contributed by atoms with Gasteiger partial charge in [0.15, 0.2) is 5.82 Å². The van der Waals surface area contributed by atoms with Crippen molar-refractivity contribution < 1.29 is 19.5 Å². The third-order valence-electron chi connectivity index (χ3n) is 8.16. The molecule has 0 atom stereocenters. The highest BCUT2D eigenvalue weighted by molar-refractivity contribution is 6.39. The lowest BCUT2D eigenvalue weighted by Crippen LogP contribution is -2.38. The van der Waals surface area contributed by atoms with E-state index in [4.69, 9.17) is 23.2 Å². The zero-order valence-electron chi connectivity index (χ0n) is 27.5. The lowest BCUT2D eigenvalue weighted by molar-refractivity contribution is 0.0946. The fourth-order valence-corrected chi connectivity index (χ4v) is 6.09. The van der Waals surface area contributed by atoms with Crippen molar-refractivity contribution in [3.63, 3.8) is 0 Å². The minimum atomic E-state index is -0.830. The molecule has 15 heteroatoms. The van der Waals surface area contributed by atoms with Gasteiger partial charge in [-0.3, -0.25) is 24.3 Å². The number of hydrogen-bond donors (Lipinski definition) is 4. The fraction of sp³-hybridized carbons (Fsp3) is 0.314. The van der Waals surface area contributed by atoms with Crippen molar-refractivity contribution >= 4 is 58.2 Å². The van der Waals surface area contributed by atoms with Gasteiger partial charge in [0.25, 0.3) is 17.4 Å². The number of urea groups is 1. The number of piperidine rings is 1. The highest BCUT2D eigenvalue weighted by Crippen LogP contribution is 2.29. The highest BCUT2D eigenvalue weighted by atomic mass is 35.5. The van der Waals surface area contributed by atoms with Crippen LogP contribution in [0.2, 0.25) is 10.0 Å². The maximum absolute atomic E-state index is 14.3. The van der Waals surface area contributed by atoms with Crippen molar-refractivity contribution in [2.24, 2.45) is 0 Å². The number of carbonyl (C=O) groups is 3. The Morgan fingerprint density at radius 2 is 1.62 bits per heavy atom. The maximum atomic E-state index is 14.3. The van der Waals surface area contributed by atoms with Crippen LogP contribution in [0, 0.1) is 0 Å². The lowest BCUT2D eigenvalue weighted by Gasteiger charge is -2.26. The Morgan fingerprint density at radius 1 is 0.920 bits per heavy atom. The Morgan fingerprint density at radius 3 is 2.30 bits per heavy atom. The van der Waals surface area contributed by atoms with Gasteiger partial charge < -0.3 is 26.0 Å². The number of amides is 4. The first-order valence-corrected chi connectivity index (χ1v) is 17.1. The first kappa shape index (κ1) is 36.5. The lowest BCUT2D eigenvalue weighted by atomic mass is 9.98. The average Bonchev–Trinajstić information content (AvgIpc) is 3.13. The van der Waals surface area contributed by atoms with Crippen LogP contribution in [0.4, 0.5) is 22.0 Å². The Labute approximate surface area is 299 Å². The smallest absolute Gasteiger partial charge is 0.323 e. The van der Waals surface area contributed by atoms with E-state index in [1.165, 1.54) is 35.8 Å². The highest BCUT2D eigenvalue weighted by Gasteiger charge is 2.24. The number of halogens is 2. The summed E-state index contributed by atoms with van der Waals surface area (Å²) in [6.07, 6.45) is 6.11. The van der Waals surface area contributed by atoms with Crippen LogP contribution in [-0.4, -0.2) is 81.9 Å². The van der Waals surface area contributed by atoms with Crippen LogP contribution >= 0.6 is 23.2 Å². The summed E-state index contributed by atoms with van der Waals surface area (Å²) in [5, 5.41) is 22.5. The van der Waals surface area contributed by atoms with Crippen molar-refractivity contribution in [2.75, 3.05) is 54.9 Å². The van der Waals surface area contributed by atoms with Gasteiger partial charge in [-0.2, -0.15) is 5.10 Å². The summed E-state index contributed by atoms with van der Waals surface area (Å²) in [7, 11) is 0. The zero-order chi connectivity index (χ0) is 35.6. The van der Waals surface area contributed by atoms with E-state index >= 15 is 0 Å². The Kier molecular flexibility index (Phi) is 12.6. The molecule has 0 saturated carbocycles. The van der Waals surface area contributed by atoms with E-state index in [-0.39, 0.29) is 57.4 Å². The second-order valence-electron chi connectivity index (χ2n) is 11.6.